The van der Waals surface area contributed by atoms with Crippen LogP contribution in [-0.2, 0) is 9.59 Å². The molecule has 1 N–H and O–H groups in total. The van der Waals surface area contributed by atoms with E-state index in [9.17, 15) is 14.0 Å². The zero-order valence-corrected chi connectivity index (χ0v) is 13.8. The van der Waals surface area contributed by atoms with Gasteiger partial charge in [0, 0.05) is 29.4 Å². The Hall–Kier alpha value is -2.40. The summed E-state index contributed by atoms with van der Waals surface area (Å²) in [6.45, 7) is 2.15. The number of halogens is 2. The van der Waals surface area contributed by atoms with Crippen LogP contribution in [0.2, 0.25) is 5.02 Å². The van der Waals surface area contributed by atoms with Gasteiger partial charge in [-0.3, -0.25) is 9.59 Å². The maximum Gasteiger partial charge on any atom is 0.229 e. The highest BCUT2D eigenvalue weighted by Crippen LogP contribution is 2.27. The summed E-state index contributed by atoms with van der Waals surface area (Å²) < 4.78 is 13.0. The minimum atomic E-state index is -0.457. The molecule has 1 aliphatic heterocycles. The number of benzene rings is 2. The Bertz CT molecular complexity index is 792. The van der Waals surface area contributed by atoms with Crippen molar-refractivity contribution in [2.45, 2.75) is 13.3 Å². The largest absolute Gasteiger partial charge is 0.325 e. The van der Waals surface area contributed by atoms with Crippen molar-refractivity contribution in [3.8, 4) is 0 Å². The highest BCUT2D eigenvalue weighted by molar-refractivity contribution is 6.31. The summed E-state index contributed by atoms with van der Waals surface area (Å²) in [4.78, 5) is 26.1. The van der Waals surface area contributed by atoms with E-state index in [1.165, 1.54) is 29.2 Å². The van der Waals surface area contributed by atoms with Crippen LogP contribution >= 0.6 is 11.6 Å². The molecule has 0 saturated carbocycles. The third kappa shape index (κ3) is 3.41. The van der Waals surface area contributed by atoms with Gasteiger partial charge in [-0.2, -0.15) is 0 Å². The first-order chi connectivity index (χ1) is 11.4. The fraction of sp³-hybridized carbons (Fsp3) is 0.222. The van der Waals surface area contributed by atoms with Crippen LogP contribution in [0.5, 0.6) is 0 Å². The summed E-state index contributed by atoms with van der Waals surface area (Å²) >= 11 is 5.95. The molecule has 2 aromatic carbocycles. The number of nitrogens with zero attached hydrogens (tertiary/aromatic N) is 1. The van der Waals surface area contributed by atoms with Gasteiger partial charge in [0.25, 0.3) is 0 Å². The van der Waals surface area contributed by atoms with Gasteiger partial charge in [-0.25, -0.2) is 4.39 Å². The Balaban J connectivity index is 1.72. The second kappa shape index (κ2) is 6.61. The predicted octanol–water partition coefficient (Wildman–Crippen LogP) is 3.78. The summed E-state index contributed by atoms with van der Waals surface area (Å²) in [5.41, 5.74) is 2.13. The number of nitrogens with one attached hydrogen (secondary N) is 1. The van der Waals surface area contributed by atoms with E-state index in [4.69, 9.17) is 11.6 Å². The van der Waals surface area contributed by atoms with Crippen molar-refractivity contribution in [3.63, 3.8) is 0 Å². The number of carbonyl (C=O) groups excluding carboxylic acids is 2. The van der Waals surface area contributed by atoms with E-state index in [1.54, 1.807) is 12.1 Å². The van der Waals surface area contributed by atoms with E-state index in [2.05, 4.69) is 5.32 Å². The van der Waals surface area contributed by atoms with Gasteiger partial charge in [0.15, 0.2) is 0 Å². The second-order valence-corrected chi connectivity index (χ2v) is 6.27. The lowest BCUT2D eigenvalue weighted by Crippen LogP contribution is -2.28. The summed E-state index contributed by atoms with van der Waals surface area (Å²) in [6.07, 6.45) is 0.128. The van der Waals surface area contributed by atoms with Crippen LogP contribution < -0.4 is 10.2 Å². The molecule has 2 aromatic rings. The molecule has 1 unspecified atom stereocenters. The van der Waals surface area contributed by atoms with E-state index in [-0.39, 0.29) is 30.6 Å². The molecule has 0 radical (unpaired) electrons. The third-order valence-electron chi connectivity index (χ3n) is 4.09. The van der Waals surface area contributed by atoms with Crippen molar-refractivity contribution in [3.05, 3.63) is 58.9 Å². The SMILES string of the molecule is Cc1ccc(Cl)cc1NC(=O)C1CC(=O)N(c2ccc(F)cc2)C1. The van der Waals surface area contributed by atoms with Gasteiger partial charge in [0.2, 0.25) is 11.8 Å². The average Bonchev–Trinajstić information content (AvgIpc) is 2.94. The number of amides is 2. The van der Waals surface area contributed by atoms with Crippen LogP contribution in [-0.4, -0.2) is 18.4 Å². The van der Waals surface area contributed by atoms with E-state index in [0.29, 0.717) is 16.4 Å². The van der Waals surface area contributed by atoms with E-state index in [1.807, 2.05) is 13.0 Å². The number of aryl methyl sites for hydroxylation is 1. The van der Waals surface area contributed by atoms with Gasteiger partial charge in [0.1, 0.15) is 5.82 Å². The molecule has 3 rings (SSSR count). The smallest absolute Gasteiger partial charge is 0.229 e. The van der Waals surface area contributed by atoms with Gasteiger partial charge in [-0.1, -0.05) is 17.7 Å². The molecule has 1 fully saturated rings. The maximum atomic E-state index is 13.0. The van der Waals surface area contributed by atoms with E-state index in [0.717, 1.165) is 5.56 Å². The number of anilines is 2. The van der Waals surface area contributed by atoms with Crippen LogP contribution in [0.4, 0.5) is 15.8 Å². The Morgan fingerprint density at radius 1 is 1.25 bits per heavy atom. The maximum absolute atomic E-state index is 13.0. The molecule has 1 saturated heterocycles. The van der Waals surface area contributed by atoms with Crippen LogP contribution in [0.1, 0.15) is 12.0 Å². The van der Waals surface area contributed by atoms with Crippen LogP contribution in [0, 0.1) is 18.7 Å². The van der Waals surface area contributed by atoms with E-state index >= 15 is 0 Å². The highest BCUT2D eigenvalue weighted by atomic mass is 35.5. The Morgan fingerprint density at radius 2 is 1.96 bits per heavy atom. The van der Waals surface area contributed by atoms with Crippen LogP contribution in [0.3, 0.4) is 0 Å². The molecule has 124 valence electrons. The first-order valence-electron chi connectivity index (χ1n) is 7.57. The van der Waals surface area contributed by atoms with Gasteiger partial charge in [0.05, 0.1) is 5.92 Å². The van der Waals surface area contributed by atoms with Gasteiger partial charge >= 0.3 is 0 Å². The zero-order valence-electron chi connectivity index (χ0n) is 13.1. The summed E-state index contributed by atoms with van der Waals surface area (Å²) in [5, 5.41) is 3.37. The Kier molecular flexibility index (Phi) is 4.53. The minimum Gasteiger partial charge on any atom is -0.325 e. The lowest BCUT2D eigenvalue weighted by atomic mass is 10.1. The quantitative estimate of drug-likeness (QED) is 0.919. The number of rotatable bonds is 3. The molecule has 1 atom stereocenters. The zero-order chi connectivity index (χ0) is 17.3. The van der Waals surface area contributed by atoms with Crippen molar-refractivity contribution in [2.24, 2.45) is 5.92 Å². The number of hydrogen-bond acceptors (Lipinski definition) is 2. The Morgan fingerprint density at radius 3 is 2.67 bits per heavy atom. The predicted molar refractivity (Wildman–Crippen MR) is 91.7 cm³/mol. The Labute approximate surface area is 144 Å². The van der Waals surface area contributed by atoms with E-state index < -0.39 is 5.92 Å². The molecule has 24 heavy (non-hydrogen) atoms. The van der Waals surface area contributed by atoms with Crippen molar-refractivity contribution >= 4 is 34.8 Å². The second-order valence-electron chi connectivity index (χ2n) is 5.83. The summed E-state index contributed by atoms with van der Waals surface area (Å²) in [5.74, 6) is -1.19. The summed E-state index contributed by atoms with van der Waals surface area (Å²) in [6, 6.07) is 10.9. The fourth-order valence-corrected chi connectivity index (χ4v) is 2.89. The fourth-order valence-electron chi connectivity index (χ4n) is 2.72. The van der Waals surface area contributed by atoms with Crippen molar-refractivity contribution < 1.29 is 14.0 Å². The molecule has 4 nitrogen and oxygen atoms in total. The topological polar surface area (TPSA) is 49.4 Å². The normalized spacial score (nSPS) is 17.2. The van der Waals surface area contributed by atoms with Gasteiger partial charge < -0.3 is 10.2 Å². The molecule has 2 amide bonds. The molecular weight excluding hydrogens is 331 g/mol. The lowest BCUT2D eigenvalue weighted by Gasteiger charge is -2.17. The van der Waals surface area contributed by atoms with Gasteiger partial charge in [-0.05, 0) is 48.9 Å². The number of carbonyl (C=O) groups is 2. The van der Waals surface area contributed by atoms with Crippen LogP contribution in [0.15, 0.2) is 42.5 Å². The molecule has 6 heteroatoms. The molecule has 0 aromatic heterocycles. The van der Waals surface area contributed by atoms with Crippen molar-refractivity contribution in [1.82, 2.24) is 0 Å². The van der Waals surface area contributed by atoms with Crippen molar-refractivity contribution in [2.75, 3.05) is 16.8 Å². The molecular formula is C18H16ClFN2O2. The average molecular weight is 347 g/mol. The molecule has 0 spiro atoms. The molecule has 1 heterocycles. The molecule has 1 aliphatic rings. The number of hydrogen-bond donors (Lipinski definition) is 1. The molecule has 0 aliphatic carbocycles. The third-order valence-corrected chi connectivity index (χ3v) is 4.33. The van der Waals surface area contributed by atoms with Crippen molar-refractivity contribution in [1.29, 1.82) is 0 Å². The minimum absolute atomic E-state index is 0.128. The van der Waals surface area contributed by atoms with Gasteiger partial charge in [-0.15, -0.1) is 0 Å². The first-order valence-corrected chi connectivity index (χ1v) is 7.95. The standard InChI is InChI=1S/C18H16ClFN2O2/c1-11-2-3-13(19)9-16(11)21-18(24)12-8-17(23)22(10-12)15-6-4-14(20)5-7-15/h2-7,9,12H,8,10H2,1H3,(H,21,24). The lowest BCUT2D eigenvalue weighted by molar-refractivity contribution is -0.122. The highest BCUT2D eigenvalue weighted by Gasteiger charge is 2.35. The monoisotopic (exact) mass is 346 g/mol. The first kappa shape index (κ1) is 16.5. The summed E-state index contributed by atoms with van der Waals surface area (Å²) in [7, 11) is 0. The molecule has 0 bridgehead atoms. The van der Waals surface area contributed by atoms with Crippen LogP contribution in [0.25, 0.3) is 0 Å².